The van der Waals surface area contributed by atoms with E-state index < -0.39 is 12.2 Å². The van der Waals surface area contributed by atoms with Gasteiger partial charge in [-0.15, -0.1) is 0 Å². The Balaban J connectivity index is 3.29. The minimum Gasteiger partial charge on any atom is -0.394 e. The summed E-state index contributed by atoms with van der Waals surface area (Å²) in [6, 6.07) is 0. The fourth-order valence-electron chi connectivity index (χ4n) is 1.88. The zero-order valence-corrected chi connectivity index (χ0v) is 10.9. The summed E-state index contributed by atoms with van der Waals surface area (Å²) in [6.07, 6.45) is 5.19. The molecule has 3 atom stereocenters. The fraction of sp³-hybridized carbons (Fsp3) is 1.00. The van der Waals surface area contributed by atoms with Gasteiger partial charge in [-0.2, -0.15) is 0 Å². The molecule has 0 amide bonds. The third-order valence-corrected chi connectivity index (χ3v) is 3.04. The first kappa shape index (κ1) is 16.8. The lowest BCUT2D eigenvalue weighted by Gasteiger charge is -2.15. The van der Waals surface area contributed by atoms with E-state index in [4.69, 9.17) is 10.2 Å². The van der Waals surface area contributed by atoms with Crippen LogP contribution in [0.2, 0.25) is 0 Å². The van der Waals surface area contributed by atoms with Gasteiger partial charge in [0.1, 0.15) is 6.10 Å². The monoisotopic (exact) mass is 248 g/mol. The molecule has 0 saturated carbocycles. The van der Waals surface area contributed by atoms with Crippen molar-refractivity contribution in [3.8, 4) is 0 Å². The molecule has 0 aromatic carbocycles. The molecule has 0 saturated heterocycles. The van der Waals surface area contributed by atoms with E-state index in [-0.39, 0.29) is 12.7 Å². The Bertz CT molecular complexity index is 163. The molecule has 0 spiro atoms. The highest BCUT2D eigenvalue weighted by molar-refractivity contribution is 4.65. The maximum absolute atomic E-state index is 9.50. The second kappa shape index (κ2) is 11.0. The minimum absolute atomic E-state index is 0.165. The van der Waals surface area contributed by atoms with Crippen molar-refractivity contribution < 1.29 is 20.4 Å². The SMILES string of the molecule is CCCC(O)CCCCCCC(O)C(O)CO. The average Bonchev–Trinajstić information content (AvgIpc) is 2.32. The Morgan fingerprint density at radius 3 is 1.88 bits per heavy atom. The molecule has 0 aromatic heterocycles. The lowest BCUT2D eigenvalue weighted by Crippen LogP contribution is -2.28. The van der Waals surface area contributed by atoms with Crippen LogP contribution < -0.4 is 0 Å². The van der Waals surface area contributed by atoms with Crippen LogP contribution in [-0.4, -0.2) is 45.3 Å². The summed E-state index contributed by atoms with van der Waals surface area (Å²) < 4.78 is 0. The third-order valence-electron chi connectivity index (χ3n) is 3.04. The second-order valence-electron chi connectivity index (χ2n) is 4.75. The second-order valence-corrected chi connectivity index (χ2v) is 4.75. The molecule has 0 rings (SSSR count). The van der Waals surface area contributed by atoms with E-state index in [0.717, 1.165) is 44.9 Å². The van der Waals surface area contributed by atoms with E-state index >= 15 is 0 Å². The van der Waals surface area contributed by atoms with Crippen LogP contribution in [0.15, 0.2) is 0 Å². The summed E-state index contributed by atoms with van der Waals surface area (Å²) in [5.41, 5.74) is 0. The summed E-state index contributed by atoms with van der Waals surface area (Å²) in [6.45, 7) is 1.68. The van der Waals surface area contributed by atoms with Crippen LogP contribution in [-0.2, 0) is 0 Å². The summed E-state index contributed by atoms with van der Waals surface area (Å²) >= 11 is 0. The van der Waals surface area contributed by atoms with Gasteiger partial charge in [0, 0.05) is 0 Å². The van der Waals surface area contributed by atoms with E-state index in [1.807, 2.05) is 0 Å². The molecular formula is C13H28O4. The zero-order chi connectivity index (χ0) is 13.1. The molecule has 4 heteroatoms. The van der Waals surface area contributed by atoms with Gasteiger partial charge in [0.25, 0.3) is 0 Å². The molecular weight excluding hydrogens is 220 g/mol. The van der Waals surface area contributed by atoms with Gasteiger partial charge >= 0.3 is 0 Å². The first-order chi connectivity index (χ1) is 8.11. The van der Waals surface area contributed by atoms with E-state index in [2.05, 4.69) is 6.92 Å². The van der Waals surface area contributed by atoms with Gasteiger partial charge < -0.3 is 20.4 Å². The molecule has 3 unspecified atom stereocenters. The topological polar surface area (TPSA) is 80.9 Å². The molecule has 0 radical (unpaired) electrons. The number of aliphatic hydroxyl groups is 4. The smallest absolute Gasteiger partial charge is 0.103 e. The van der Waals surface area contributed by atoms with E-state index in [1.54, 1.807) is 0 Å². The number of unbranched alkanes of at least 4 members (excludes halogenated alkanes) is 3. The lowest BCUT2D eigenvalue weighted by atomic mass is 10.0. The van der Waals surface area contributed by atoms with Crippen molar-refractivity contribution >= 4 is 0 Å². The maximum Gasteiger partial charge on any atom is 0.103 e. The number of rotatable bonds is 11. The number of hydrogen-bond acceptors (Lipinski definition) is 4. The molecule has 0 aliphatic carbocycles. The van der Waals surface area contributed by atoms with Gasteiger partial charge in [-0.25, -0.2) is 0 Å². The molecule has 0 aliphatic rings. The molecule has 0 aromatic rings. The van der Waals surface area contributed by atoms with Crippen molar-refractivity contribution in [2.45, 2.75) is 76.6 Å². The molecule has 4 nitrogen and oxygen atoms in total. The van der Waals surface area contributed by atoms with Gasteiger partial charge in [-0.3, -0.25) is 0 Å². The Kier molecular flexibility index (Phi) is 10.9. The van der Waals surface area contributed by atoms with Crippen LogP contribution in [0.5, 0.6) is 0 Å². The summed E-state index contributed by atoms with van der Waals surface area (Å²) in [5, 5.41) is 36.6. The van der Waals surface area contributed by atoms with Gasteiger partial charge in [0.2, 0.25) is 0 Å². The maximum atomic E-state index is 9.50. The van der Waals surface area contributed by atoms with Crippen LogP contribution in [0, 0.1) is 0 Å². The minimum atomic E-state index is -1.01. The van der Waals surface area contributed by atoms with Crippen LogP contribution >= 0.6 is 0 Å². The predicted molar refractivity (Wildman–Crippen MR) is 67.7 cm³/mol. The summed E-state index contributed by atoms with van der Waals surface area (Å²) in [5.74, 6) is 0. The highest BCUT2D eigenvalue weighted by Crippen LogP contribution is 2.12. The highest BCUT2D eigenvalue weighted by Gasteiger charge is 2.13. The Morgan fingerprint density at radius 2 is 1.35 bits per heavy atom. The van der Waals surface area contributed by atoms with Crippen molar-refractivity contribution in [3.63, 3.8) is 0 Å². The first-order valence-electron chi connectivity index (χ1n) is 6.76. The van der Waals surface area contributed by atoms with Gasteiger partial charge in [0.15, 0.2) is 0 Å². The molecule has 0 heterocycles. The van der Waals surface area contributed by atoms with Crippen LogP contribution in [0.25, 0.3) is 0 Å². The fourth-order valence-corrected chi connectivity index (χ4v) is 1.88. The first-order valence-corrected chi connectivity index (χ1v) is 6.76. The van der Waals surface area contributed by atoms with Crippen molar-refractivity contribution in [2.75, 3.05) is 6.61 Å². The summed E-state index contributed by atoms with van der Waals surface area (Å²) in [4.78, 5) is 0. The number of hydrogen-bond donors (Lipinski definition) is 4. The van der Waals surface area contributed by atoms with Crippen molar-refractivity contribution in [2.24, 2.45) is 0 Å². The van der Waals surface area contributed by atoms with E-state index in [9.17, 15) is 10.2 Å². The molecule has 0 aliphatic heterocycles. The average molecular weight is 248 g/mol. The van der Waals surface area contributed by atoms with E-state index in [1.165, 1.54) is 0 Å². The van der Waals surface area contributed by atoms with Crippen molar-refractivity contribution in [1.29, 1.82) is 0 Å². The molecule has 17 heavy (non-hydrogen) atoms. The largest absolute Gasteiger partial charge is 0.394 e. The van der Waals surface area contributed by atoms with Crippen LogP contribution in [0.1, 0.15) is 58.3 Å². The number of aliphatic hydroxyl groups excluding tert-OH is 4. The van der Waals surface area contributed by atoms with Crippen molar-refractivity contribution in [1.82, 2.24) is 0 Å². The standard InChI is InChI=1S/C13H28O4/c1-2-7-11(15)8-5-3-4-6-9-12(16)13(17)10-14/h11-17H,2-10H2,1H3. The third kappa shape index (κ3) is 9.53. The predicted octanol–water partition coefficient (Wildman–Crippen LogP) is 1.20. The Hall–Kier alpha value is -0.160. The molecule has 104 valence electrons. The Morgan fingerprint density at radius 1 is 0.765 bits per heavy atom. The normalized spacial score (nSPS) is 16.8. The summed E-state index contributed by atoms with van der Waals surface area (Å²) in [7, 11) is 0. The van der Waals surface area contributed by atoms with Crippen LogP contribution in [0.3, 0.4) is 0 Å². The quantitative estimate of drug-likeness (QED) is 0.414. The lowest BCUT2D eigenvalue weighted by molar-refractivity contribution is -0.0185. The zero-order valence-electron chi connectivity index (χ0n) is 10.9. The van der Waals surface area contributed by atoms with E-state index in [0.29, 0.717) is 6.42 Å². The highest BCUT2D eigenvalue weighted by atomic mass is 16.4. The Labute approximate surface area is 104 Å². The van der Waals surface area contributed by atoms with Gasteiger partial charge in [-0.1, -0.05) is 39.0 Å². The molecule has 0 fully saturated rings. The van der Waals surface area contributed by atoms with Gasteiger partial charge in [-0.05, 0) is 19.3 Å². The van der Waals surface area contributed by atoms with Gasteiger partial charge in [0.05, 0.1) is 18.8 Å². The molecule has 4 N–H and O–H groups in total. The van der Waals surface area contributed by atoms with Crippen LogP contribution in [0.4, 0.5) is 0 Å². The molecule has 0 bridgehead atoms. The van der Waals surface area contributed by atoms with Crippen molar-refractivity contribution in [3.05, 3.63) is 0 Å².